The molecule has 0 fully saturated rings. The lowest BCUT2D eigenvalue weighted by Crippen LogP contribution is -1.95. The lowest BCUT2D eigenvalue weighted by molar-refractivity contribution is 0.451. The standard InChI is InChI=1S/C16H18O3/c1-3-10-5-6-15(19)16(14(10)4-2)11-7-12(17)9-13(18)8-11/h5-9,17-19H,3-4H2,1-2H3. The Kier molecular flexibility index (Phi) is 3.65. The Balaban J connectivity index is 2.73. The van der Waals surface area contributed by atoms with Crippen LogP contribution in [0.4, 0.5) is 0 Å². The van der Waals surface area contributed by atoms with Gasteiger partial charge < -0.3 is 15.3 Å². The van der Waals surface area contributed by atoms with E-state index in [9.17, 15) is 15.3 Å². The molecular formula is C16H18O3. The highest BCUT2D eigenvalue weighted by molar-refractivity contribution is 5.77. The van der Waals surface area contributed by atoms with Crippen LogP contribution in [0.25, 0.3) is 11.1 Å². The molecule has 2 aromatic rings. The molecule has 0 spiro atoms. The molecule has 0 amide bonds. The van der Waals surface area contributed by atoms with Crippen LogP contribution < -0.4 is 0 Å². The Bertz CT molecular complexity index is 583. The summed E-state index contributed by atoms with van der Waals surface area (Å²) in [5, 5.41) is 29.3. The zero-order valence-corrected chi connectivity index (χ0v) is 11.1. The lowest BCUT2D eigenvalue weighted by Gasteiger charge is -2.15. The van der Waals surface area contributed by atoms with E-state index in [0.29, 0.717) is 11.1 Å². The number of hydrogen-bond acceptors (Lipinski definition) is 3. The van der Waals surface area contributed by atoms with Crippen LogP contribution in [0.2, 0.25) is 0 Å². The van der Waals surface area contributed by atoms with Crippen LogP contribution in [0.15, 0.2) is 30.3 Å². The molecule has 0 saturated carbocycles. The molecule has 2 rings (SSSR count). The van der Waals surface area contributed by atoms with Crippen LogP contribution in [0.5, 0.6) is 17.2 Å². The second-order valence-corrected chi connectivity index (χ2v) is 4.54. The monoisotopic (exact) mass is 258 g/mol. The summed E-state index contributed by atoms with van der Waals surface area (Å²) in [4.78, 5) is 0. The first-order valence-corrected chi connectivity index (χ1v) is 6.43. The minimum Gasteiger partial charge on any atom is -0.508 e. The molecule has 0 aromatic heterocycles. The third-order valence-corrected chi connectivity index (χ3v) is 3.31. The molecule has 3 nitrogen and oxygen atoms in total. The molecular weight excluding hydrogens is 240 g/mol. The molecule has 0 aliphatic rings. The Hall–Kier alpha value is -2.16. The average Bonchev–Trinajstić information content (AvgIpc) is 2.36. The number of aryl methyl sites for hydroxylation is 1. The largest absolute Gasteiger partial charge is 0.508 e. The Labute approximate surface area is 112 Å². The highest BCUT2D eigenvalue weighted by Gasteiger charge is 2.14. The van der Waals surface area contributed by atoms with Crippen molar-refractivity contribution in [3.8, 4) is 28.4 Å². The van der Waals surface area contributed by atoms with Crippen molar-refractivity contribution >= 4 is 0 Å². The molecule has 0 heterocycles. The fourth-order valence-electron chi connectivity index (χ4n) is 2.48. The Morgan fingerprint density at radius 3 is 2.00 bits per heavy atom. The number of phenols is 3. The summed E-state index contributed by atoms with van der Waals surface area (Å²) in [5.41, 5.74) is 3.53. The lowest BCUT2D eigenvalue weighted by atomic mass is 9.91. The van der Waals surface area contributed by atoms with E-state index < -0.39 is 0 Å². The van der Waals surface area contributed by atoms with Crippen molar-refractivity contribution in [2.24, 2.45) is 0 Å². The van der Waals surface area contributed by atoms with Gasteiger partial charge in [0, 0.05) is 11.6 Å². The smallest absolute Gasteiger partial charge is 0.123 e. The summed E-state index contributed by atoms with van der Waals surface area (Å²) in [6.07, 6.45) is 1.66. The fraction of sp³-hybridized carbons (Fsp3) is 0.250. The van der Waals surface area contributed by atoms with Gasteiger partial charge in [-0.2, -0.15) is 0 Å². The maximum atomic E-state index is 10.1. The SMILES string of the molecule is CCc1ccc(O)c(-c2cc(O)cc(O)c2)c1CC. The van der Waals surface area contributed by atoms with E-state index in [-0.39, 0.29) is 17.2 Å². The van der Waals surface area contributed by atoms with E-state index in [4.69, 9.17) is 0 Å². The molecule has 100 valence electrons. The molecule has 0 atom stereocenters. The second kappa shape index (κ2) is 5.22. The average molecular weight is 258 g/mol. The van der Waals surface area contributed by atoms with E-state index >= 15 is 0 Å². The quantitative estimate of drug-likeness (QED) is 0.788. The predicted octanol–water partition coefficient (Wildman–Crippen LogP) is 3.60. The third kappa shape index (κ3) is 2.50. The van der Waals surface area contributed by atoms with Crippen LogP contribution in [0, 0.1) is 0 Å². The Morgan fingerprint density at radius 1 is 0.842 bits per heavy atom. The van der Waals surface area contributed by atoms with Gasteiger partial charge in [-0.25, -0.2) is 0 Å². The third-order valence-electron chi connectivity index (χ3n) is 3.31. The molecule has 3 heteroatoms. The molecule has 2 aromatic carbocycles. The van der Waals surface area contributed by atoms with Gasteiger partial charge in [-0.1, -0.05) is 19.9 Å². The second-order valence-electron chi connectivity index (χ2n) is 4.54. The highest BCUT2D eigenvalue weighted by atomic mass is 16.3. The van der Waals surface area contributed by atoms with Gasteiger partial charge in [0.05, 0.1) is 0 Å². The van der Waals surface area contributed by atoms with Gasteiger partial charge in [-0.15, -0.1) is 0 Å². The summed E-state index contributed by atoms with van der Waals surface area (Å²) < 4.78 is 0. The normalized spacial score (nSPS) is 10.6. The van der Waals surface area contributed by atoms with Gasteiger partial charge in [-0.05, 0) is 47.7 Å². The minimum atomic E-state index is -0.0154. The molecule has 0 saturated heterocycles. The first-order valence-electron chi connectivity index (χ1n) is 6.43. The van der Waals surface area contributed by atoms with Crippen LogP contribution in [-0.2, 0) is 12.8 Å². The van der Waals surface area contributed by atoms with Gasteiger partial charge in [-0.3, -0.25) is 0 Å². The topological polar surface area (TPSA) is 60.7 Å². The molecule has 3 N–H and O–H groups in total. The number of phenolic OH excluding ortho intramolecular Hbond substituents is 3. The number of aromatic hydroxyl groups is 3. The number of benzene rings is 2. The number of rotatable bonds is 3. The zero-order chi connectivity index (χ0) is 14.0. The molecule has 19 heavy (non-hydrogen) atoms. The van der Waals surface area contributed by atoms with Gasteiger partial charge >= 0.3 is 0 Å². The van der Waals surface area contributed by atoms with Crippen molar-refractivity contribution in [1.29, 1.82) is 0 Å². The molecule has 0 aliphatic heterocycles. The van der Waals surface area contributed by atoms with Crippen LogP contribution in [0.1, 0.15) is 25.0 Å². The van der Waals surface area contributed by atoms with Crippen LogP contribution >= 0.6 is 0 Å². The zero-order valence-electron chi connectivity index (χ0n) is 11.1. The fourth-order valence-corrected chi connectivity index (χ4v) is 2.48. The first-order chi connectivity index (χ1) is 9.06. The van der Waals surface area contributed by atoms with Crippen molar-refractivity contribution in [1.82, 2.24) is 0 Å². The van der Waals surface area contributed by atoms with Gasteiger partial charge in [0.25, 0.3) is 0 Å². The van der Waals surface area contributed by atoms with Crippen molar-refractivity contribution < 1.29 is 15.3 Å². The van der Waals surface area contributed by atoms with Crippen molar-refractivity contribution in [2.75, 3.05) is 0 Å². The van der Waals surface area contributed by atoms with E-state index in [0.717, 1.165) is 24.0 Å². The minimum absolute atomic E-state index is 0.0154. The highest BCUT2D eigenvalue weighted by Crippen LogP contribution is 2.38. The summed E-state index contributed by atoms with van der Waals surface area (Å²) in [5.74, 6) is 0.135. The molecule has 0 unspecified atom stereocenters. The van der Waals surface area contributed by atoms with Crippen LogP contribution in [0.3, 0.4) is 0 Å². The number of hydrogen-bond donors (Lipinski definition) is 3. The molecule has 0 radical (unpaired) electrons. The summed E-state index contributed by atoms with van der Waals surface area (Å²) in [6.45, 7) is 4.09. The van der Waals surface area contributed by atoms with E-state index in [2.05, 4.69) is 6.92 Å². The van der Waals surface area contributed by atoms with Crippen LogP contribution in [-0.4, -0.2) is 15.3 Å². The summed E-state index contributed by atoms with van der Waals surface area (Å²) in [6, 6.07) is 7.95. The summed E-state index contributed by atoms with van der Waals surface area (Å²) in [7, 11) is 0. The maximum absolute atomic E-state index is 10.1. The predicted molar refractivity (Wildman–Crippen MR) is 75.6 cm³/mol. The van der Waals surface area contributed by atoms with E-state index in [1.807, 2.05) is 13.0 Å². The van der Waals surface area contributed by atoms with Gasteiger partial charge in [0.15, 0.2) is 0 Å². The first kappa shape index (κ1) is 13.3. The van der Waals surface area contributed by atoms with Gasteiger partial charge in [0.2, 0.25) is 0 Å². The molecule has 0 bridgehead atoms. The van der Waals surface area contributed by atoms with Gasteiger partial charge in [0.1, 0.15) is 17.2 Å². The van der Waals surface area contributed by atoms with Crippen molar-refractivity contribution in [2.45, 2.75) is 26.7 Å². The summed E-state index contributed by atoms with van der Waals surface area (Å²) >= 11 is 0. The van der Waals surface area contributed by atoms with Crippen molar-refractivity contribution in [3.05, 3.63) is 41.5 Å². The van der Waals surface area contributed by atoms with E-state index in [1.54, 1.807) is 18.2 Å². The Morgan fingerprint density at radius 2 is 1.47 bits per heavy atom. The maximum Gasteiger partial charge on any atom is 0.123 e. The van der Waals surface area contributed by atoms with E-state index in [1.165, 1.54) is 6.07 Å². The van der Waals surface area contributed by atoms with Crippen molar-refractivity contribution in [3.63, 3.8) is 0 Å². The molecule has 0 aliphatic carbocycles.